The maximum atomic E-state index is 13.6. The van der Waals surface area contributed by atoms with Gasteiger partial charge in [-0.25, -0.2) is 9.37 Å². The molecular weight excluding hydrogens is 475 g/mol. The van der Waals surface area contributed by atoms with E-state index in [1.807, 2.05) is 13.2 Å². The SMILES string of the molecule is Cn1cc2cc(C(=O)CC[C@](C)(O)c3cc4c(c(-c5ccc(F)cc5)n3)OC[C@]4(C)C(N)=O)ccc2n1. The van der Waals surface area contributed by atoms with Crippen molar-refractivity contribution in [2.24, 2.45) is 12.8 Å². The van der Waals surface area contributed by atoms with Crippen LogP contribution >= 0.6 is 0 Å². The average molecular weight is 503 g/mol. The lowest BCUT2D eigenvalue weighted by Crippen LogP contribution is -2.40. The van der Waals surface area contributed by atoms with E-state index < -0.39 is 22.7 Å². The first kappa shape index (κ1) is 24.6. The number of aromatic nitrogens is 3. The number of aliphatic hydroxyl groups is 1. The second-order valence-electron chi connectivity index (χ2n) is 10.00. The number of fused-ring (bicyclic) bond motifs is 2. The Morgan fingerprint density at radius 3 is 2.65 bits per heavy atom. The first-order valence-corrected chi connectivity index (χ1v) is 11.9. The summed E-state index contributed by atoms with van der Waals surface area (Å²) in [6, 6.07) is 12.6. The number of benzene rings is 2. The summed E-state index contributed by atoms with van der Waals surface area (Å²) in [5.74, 6) is -0.743. The molecule has 8 nitrogen and oxygen atoms in total. The summed E-state index contributed by atoms with van der Waals surface area (Å²) in [7, 11) is 1.82. The number of primary amides is 1. The van der Waals surface area contributed by atoms with E-state index >= 15 is 0 Å². The maximum absolute atomic E-state index is 13.6. The number of nitrogens with two attached hydrogens (primary N) is 1. The normalized spacial score (nSPS) is 18.3. The topological polar surface area (TPSA) is 120 Å². The molecule has 0 fully saturated rings. The Morgan fingerprint density at radius 1 is 1.22 bits per heavy atom. The number of rotatable bonds is 7. The lowest BCUT2D eigenvalue weighted by atomic mass is 9.81. The largest absolute Gasteiger partial charge is 0.489 e. The number of hydrogen-bond donors (Lipinski definition) is 2. The Balaban J connectivity index is 1.49. The minimum atomic E-state index is -1.51. The second kappa shape index (κ2) is 8.77. The summed E-state index contributed by atoms with van der Waals surface area (Å²) in [4.78, 5) is 30.0. The van der Waals surface area contributed by atoms with Crippen LogP contribution in [0.3, 0.4) is 0 Å². The lowest BCUT2D eigenvalue weighted by Gasteiger charge is -2.26. The third kappa shape index (κ3) is 4.35. The van der Waals surface area contributed by atoms with Gasteiger partial charge in [0.15, 0.2) is 5.78 Å². The van der Waals surface area contributed by atoms with Crippen LogP contribution < -0.4 is 10.5 Å². The molecule has 0 spiro atoms. The molecule has 0 aliphatic carbocycles. The third-order valence-corrected chi connectivity index (χ3v) is 7.07. The molecular formula is C28H27FN4O4. The van der Waals surface area contributed by atoms with Crippen molar-refractivity contribution in [1.29, 1.82) is 0 Å². The Hall–Kier alpha value is -4.11. The van der Waals surface area contributed by atoms with E-state index in [-0.39, 0.29) is 30.9 Å². The minimum Gasteiger partial charge on any atom is -0.489 e. The highest BCUT2D eigenvalue weighted by atomic mass is 19.1. The van der Waals surface area contributed by atoms with Gasteiger partial charge in [-0.15, -0.1) is 0 Å². The van der Waals surface area contributed by atoms with Crippen molar-refractivity contribution < 1.29 is 23.8 Å². The smallest absolute Gasteiger partial charge is 0.231 e. The molecule has 1 aliphatic rings. The van der Waals surface area contributed by atoms with Crippen LogP contribution in [0.4, 0.5) is 4.39 Å². The number of pyridine rings is 1. The van der Waals surface area contributed by atoms with Gasteiger partial charge < -0.3 is 15.6 Å². The number of ether oxygens (including phenoxy) is 1. The number of amides is 1. The van der Waals surface area contributed by atoms with E-state index in [0.717, 1.165) is 10.9 Å². The molecule has 0 saturated heterocycles. The number of nitrogens with zero attached hydrogens (tertiary/aromatic N) is 3. The summed E-state index contributed by atoms with van der Waals surface area (Å²) in [6.45, 7) is 3.27. The molecule has 2 aromatic heterocycles. The summed E-state index contributed by atoms with van der Waals surface area (Å²) in [6.07, 6.45) is 1.98. The van der Waals surface area contributed by atoms with E-state index in [0.29, 0.717) is 28.1 Å². The van der Waals surface area contributed by atoms with Crippen LogP contribution in [-0.2, 0) is 22.9 Å². The highest BCUT2D eigenvalue weighted by molar-refractivity contribution is 5.99. The fraction of sp³-hybridized carbons (Fsp3) is 0.286. The van der Waals surface area contributed by atoms with Gasteiger partial charge in [0.1, 0.15) is 34.9 Å². The Kier molecular flexibility index (Phi) is 5.83. The zero-order valence-electron chi connectivity index (χ0n) is 20.8. The predicted octanol–water partition coefficient (Wildman–Crippen LogP) is 3.78. The molecule has 9 heteroatoms. The van der Waals surface area contributed by atoms with Crippen molar-refractivity contribution >= 4 is 22.6 Å². The summed E-state index contributed by atoms with van der Waals surface area (Å²) in [5.41, 5.74) is 6.08. The first-order valence-electron chi connectivity index (χ1n) is 11.9. The highest BCUT2D eigenvalue weighted by Crippen LogP contribution is 2.46. The van der Waals surface area contributed by atoms with Gasteiger partial charge in [0.05, 0.1) is 11.2 Å². The Labute approximate surface area is 212 Å². The van der Waals surface area contributed by atoms with E-state index in [1.54, 1.807) is 54.9 Å². The second-order valence-corrected chi connectivity index (χ2v) is 10.00. The number of carbonyl (C=O) groups excluding carboxylic acids is 2. The van der Waals surface area contributed by atoms with Gasteiger partial charge in [0.25, 0.3) is 0 Å². The summed E-state index contributed by atoms with van der Waals surface area (Å²) in [5, 5.41) is 16.6. The zero-order valence-corrected chi connectivity index (χ0v) is 20.8. The molecule has 5 rings (SSSR count). The predicted molar refractivity (Wildman–Crippen MR) is 136 cm³/mol. The average Bonchev–Trinajstić information content (AvgIpc) is 3.41. The summed E-state index contributed by atoms with van der Waals surface area (Å²) >= 11 is 0. The molecule has 2 atom stereocenters. The van der Waals surface area contributed by atoms with Crippen molar-refractivity contribution in [1.82, 2.24) is 14.8 Å². The van der Waals surface area contributed by atoms with Crippen LogP contribution in [0.15, 0.2) is 54.7 Å². The molecule has 1 aliphatic heterocycles. The molecule has 3 heterocycles. The number of carbonyl (C=O) groups is 2. The molecule has 1 amide bonds. The number of hydrogen-bond acceptors (Lipinski definition) is 6. The van der Waals surface area contributed by atoms with Crippen molar-refractivity contribution in [3.8, 4) is 17.0 Å². The monoisotopic (exact) mass is 502 g/mol. The standard InChI is InChI=1S/C28H27FN4O4/c1-27(26(30)35)15-37-25-20(27)13-23(31-24(25)16-4-7-19(29)8-5-16)28(2,36)11-10-22(34)17-6-9-21-18(12-17)14-33(3)32-21/h4-9,12-14,36H,10-11,15H2,1-3H3,(H2,30,35)/t27-,28-/m0/s1. The molecule has 3 N–H and O–H groups in total. The van der Waals surface area contributed by atoms with Gasteiger partial charge in [-0.05, 0) is 68.8 Å². The molecule has 0 radical (unpaired) electrons. The van der Waals surface area contributed by atoms with Gasteiger partial charge in [-0.2, -0.15) is 5.10 Å². The number of ketones is 1. The zero-order chi connectivity index (χ0) is 26.5. The van der Waals surface area contributed by atoms with Crippen molar-refractivity contribution in [2.75, 3.05) is 6.61 Å². The Bertz CT molecular complexity index is 1540. The number of aryl methyl sites for hydroxylation is 1. The molecule has 37 heavy (non-hydrogen) atoms. The van der Waals surface area contributed by atoms with Gasteiger partial charge in [0, 0.05) is 41.7 Å². The van der Waals surface area contributed by atoms with Gasteiger partial charge >= 0.3 is 0 Å². The Morgan fingerprint density at radius 2 is 1.95 bits per heavy atom. The van der Waals surface area contributed by atoms with Crippen LogP contribution in [0.2, 0.25) is 0 Å². The fourth-order valence-corrected chi connectivity index (χ4v) is 4.62. The van der Waals surface area contributed by atoms with Gasteiger partial charge in [0.2, 0.25) is 5.91 Å². The quantitative estimate of drug-likeness (QED) is 0.371. The van der Waals surface area contributed by atoms with E-state index in [9.17, 15) is 19.1 Å². The van der Waals surface area contributed by atoms with Gasteiger partial charge in [-0.1, -0.05) is 0 Å². The van der Waals surface area contributed by atoms with Gasteiger partial charge in [-0.3, -0.25) is 14.3 Å². The van der Waals surface area contributed by atoms with Crippen LogP contribution in [-0.4, -0.2) is 38.2 Å². The number of Topliss-reactive ketones (excluding diaryl/α,β-unsaturated/α-hetero) is 1. The van der Waals surface area contributed by atoms with Crippen LogP contribution in [0.5, 0.6) is 5.75 Å². The van der Waals surface area contributed by atoms with Crippen LogP contribution in [0.1, 0.15) is 48.3 Å². The first-order chi connectivity index (χ1) is 17.5. The lowest BCUT2D eigenvalue weighted by molar-refractivity contribution is -0.123. The molecule has 4 aromatic rings. The van der Waals surface area contributed by atoms with Crippen LogP contribution in [0, 0.1) is 5.82 Å². The minimum absolute atomic E-state index is 0.0223. The third-order valence-electron chi connectivity index (χ3n) is 7.07. The van der Waals surface area contributed by atoms with Crippen LogP contribution in [0.25, 0.3) is 22.2 Å². The van der Waals surface area contributed by atoms with Crippen molar-refractivity contribution in [2.45, 2.75) is 37.7 Å². The molecule has 0 unspecified atom stereocenters. The van der Waals surface area contributed by atoms with Crippen molar-refractivity contribution in [3.63, 3.8) is 0 Å². The number of halogens is 1. The molecule has 190 valence electrons. The van der Waals surface area contributed by atoms with E-state index in [2.05, 4.69) is 10.1 Å². The highest BCUT2D eigenvalue weighted by Gasteiger charge is 2.45. The molecule has 0 saturated carbocycles. The molecule has 0 bridgehead atoms. The summed E-state index contributed by atoms with van der Waals surface area (Å²) < 4.78 is 21.1. The van der Waals surface area contributed by atoms with E-state index in [4.69, 9.17) is 10.5 Å². The fourth-order valence-electron chi connectivity index (χ4n) is 4.62. The van der Waals surface area contributed by atoms with E-state index in [1.165, 1.54) is 12.1 Å². The molecule has 2 aromatic carbocycles. The van der Waals surface area contributed by atoms with Crippen molar-refractivity contribution in [3.05, 3.63) is 77.4 Å². The maximum Gasteiger partial charge on any atom is 0.231 e.